The highest BCUT2D eigenvalue weighted by Gasteiger charge is 2.18. The van der Waals surface area contributed by atoms with Gasteiger partial charge < -0.3 is 16.4 Å². The number of unbranched alkanes of at least 4 members (excludes halogenated alkanes) is 23. The highest BCUT2D eigenvalue weighted by Crippen LogP contribution is 2.11. The van der Waals surface area contributed by atoms with Gasteiger partial charge in [-0.2, -0.15) is 0 Å². The van der Waals surface area contributed by atoms with Crippen molar-refractivity contribution in [3.63, 3.8) is 0 Å². The van der Waals surface area contributed by atoms with Gasteiger partial charge in [0.15, 0.2) is 0 Å². The molecule has 1 atom stereocenters. The monoisotopic (exact) mass is 618 g/mol. The van der Waals surface area contributed by atoms with Crippen molar-refractivity contribution in [1.29, 1.82) is 0 Å². The van der Waals surface area contributed by atoms with Gasteiger partial charge in [-0.25, -0.2) is 0 Å². The third kappa shape index (κ3) is 31.8. The second-order valence-corrected chi connectivity index (χ2v) is 12.9. The fourth-order valence-corrected chi connectivity index (χ4v) is 5.56. The number of hydrogen-bond acceptors (Lipinski definition) is 3. The van der Waals surface area contributed by atoms with Gasteiger partial charge in [0, 0.05) is 19.5 Å². The Morgan fingerprint density at radius 1 is 0.523 bits per heavy atom. The molecule has 0 aliphatic heterocycles. The number of rotatable bonds is 34. The summed E-state index contributed by atoms with van der Waals surface area (Å²) in [6, 6.07) is -0.625. The van der Waals surface area contributed by atoms with Gasteiger partial charge in [0.05, 0.1) is 0 Å². The Labute approximate surface area is 274 Å². The van der Waals surface area contributed by atoms with Crippen LogP contribution in [0.15, 0.2) is 24.3 Å². The zero-order valence-corrected chi connectivity index (χ0v) is 29.5. The zero-order chi connectivity index (χ0) is 32.2. The molecule has 0 radical (unpaired) electrons. The number of amides is 2. The SMILES string of the molecule is CCCCCCCCC=CCCCCCCCCNC(=O)C(CN)NC(=O)CCCCCCCC=CCCCCCCCC. The summed E-state index contributed by atoms with van der Waals surface area (Å²) in [5, 5.41) is 5.79. The van der Waals surface area contributed by atoms with Crippen LogP contribution in [-0.4, -0.2) is 30.9 Å². The van der Waals surface area contributed by atoms with Gasteiger partial charge in [0.2, 0.25) is 11.8 Å². The van der Waals surface area contributed by atoms with E-state index in [0.717, 1.165) is 32.1 Å². The van der Waals surface area contributed by atoms with Crippen molar-refractivity contribution < 1.29 is 9.59 Å². The molecular formula is C39H75N3O2. The minimum Gasteiger partial charge on any atom is -0.354 e. The van der Waals surface area contributed by atoms with Crippen LogP contribution >= 0.6 is 0 Å². The summed E-state index contributed by atoms with van der Waals surface area (Å²) in [4.78, 5) is 24.8. The predicted octanol–water partition coefficient (Wildman–Crippen LogP) is 10.6. The second kappa shape index (κ2) is 35.9. The van der Waals surface area contributed by atoms with Crippen LogP contribution in [0.25, 0.3) is 0 Å². The normalized spacial score (nSPS) is 12.3. The van der Waals surface area contributed by atoms with Gasteiger partial charge in [-0.1, -0.05) is 147 Å². The van der Waals surface area contributed by atoms with Crippen LogP contribution in [0.5, 0.6) is 0 Å². The van der Waals surface area contributed by atoms with Crippen molar-refractivity contribution in [2.45, 2.75) is 200 Å². The van der Waals surface area contributed by atoms with E-state index in [0.29, 0.717) is 13.0 Å². The molecule has 0 aromatic carbocycles. The molecule has 0 bridgehead atoms. The Bertz CT molecular complexity index is 676. The molecule has 0 fully saturated rings. The summed E-state index contributed by atoms with van der Waals surface area (Å²) >= 11 is 0. The van der Waals surface area contributed by atoms with Gasteiger partial charge in [0.1, 0.15) is 6.04 Å². The van der Waals surface area contributed by atoms with E-state index >= 15 is 0 Å². The lowest BCUT2D eigenvalue weighted by atomic mass is 10.1. The molecule has 5 heteroatoms. The van der Waals surface area contributed by atoms with Crippen LogP contribution in [0.2, 0.25) is 0 Å². The maximum absolute atomic E-state index is 12.5. The van der Waals surface area contributed by atoms with Crippen LogP contribution in [0, 0.1) is 0 Å². The number of nitrogens with one attached hydrogen (secondary N) is 2. The summed E-state index contributed by atoms with van der Waals surface area (Å²) < 4.78 is 0. The van der Waals surface area contributed by atoms with E-state index in [4.69, 9.17) is 5.73 Å². The molecule has 0 saturated heterocycles. The predicted molar refractivity (Wildman–Crippen MR) is 193 cm³/mol. The largest absolute Gasteiger partial charge is 0.354 e. The van der Waals surface area contributed by atoms with E-state index in [9.17, 15) is 9.59 Å². The van der Waals surface area contributed by atoms with Crippen LogP contribution < -0.4 is 16.4 Å². The summed E-state index contributed by atoms with van der Waals surface area (Å²) in [5.41, 5.74) is 5.79. The fraction of sp³-hybridized carbons (Fsp3) is 0.846. The number of carbonyl (C=O) groups is 2. The van der Waals surface area contributed by atoms with Crippen molar-refractivity contribution in [2.75, 3.05) is 13.1 Å². The maximum atomic E-state index is 12.5. The van der Waals surface area contributed by atoms with E-state index in [1.165, 1.54) is 141 Å². The van der Waals surface area contributed by atoms with Crippen LogP contribution in [-0.2, 0) is 9.59 Å². The van der Waals surface area contributed by atoms with Crippen molar-refractivity contribution in [1.82, 2.24) is 10.6 Å². The Morgan fingerprint density at radius 2 is 0.886 bits per heavy atom. The molecule has 2 amide bonds. The number of carbonyl (C=O) groups excluding carboxylic acids is 2. The summed E-state index contributed by atoms with van der Waals surface area (Å²) in [5.74, 6) is -0.219. The van der Waals surface area contributed by atoms with E-state index in [-0.39, 0.29) is 18.4 Å². The highest BCUT2D eigenvalue weighted by atomic mass is 16.2. The quantitative estimate of drug-likeness (QED) is 0.0496. The Morgan fingerprint density at radius 3 is 1.30 bits per heavy atom. The highest BCUT2D eigenvalue weighted by molar-refractivity contribution is 5.87. The standard InChI is InChI=1S/C39H75N3O2/c1-3-5-7-9-11-13-15-17-19-21-23-25-27-29-31-33-35-41-39(44)37(36-40)42-38(43)34-32-30-28-26-24-22-20-18-16-14-12-10-8-6-4-2/h17-20,37H,3-16,21-36,40H2,1-2H3,(H,41,44)(H,42,43). The average molecular weight is 618 g/mol. The molecule has 0 aromatic rings. The molecule has 0 aromatic heterocycles. The molecule has 0 aliphatic rings. The summed E-state index contributed by atoms with van der Waals surface area (Å²) in [6.45, 7) is 5.32. The van der Waals surface area contributed by atoms with E-state index in [2.05, 4.69) is 48.8 Å². The molecule has 0 heterocycles. The molecule has 258 valence electrons. The fourth-order valence-electron chi connectivity index (χ4n) is 5.56. The Kier molecular flexibility index (Phi) is 34.5. The van der Waals surface area contributed by atoms with Crippen molar-refractivity contribution in [3.8, 4) is 0 Å². The van der Waals surface area contributed by atoms with E-state index < -0.39 is 6.04 Å². The topological polar surface area (TPSA) is 84.2 Å². The molecule has 44 heavy (non-hydrogen) atoms. The Balaban J connectivity index is 3.58. The zero-order valence-electron chi connectivity index (χ0n) is 29.5. The lowest BCUT2D eigenvalue weighted by molar-refractivity contribution is -0.128. The molecule has 5 nitrogen and oxygen atoms in total. The van der Waals surface area contributed by atoms with Gasteiger partial charge in [-0.05, 0) is 64.2 Å². The van der Waals surface area contributed by atoms with E-state index in [1.54, 1.807) is 0 Å². The Hall–Kier alpha value is -1.62. The smallest absolute Gasteiger partial charge is 0.243 e. The van der Waals surface area contributed by atoms with Gasteiger partial charge in [-0.3, -0.25) is 9.59 Å². The average Bonchev–Trinajstić information content (AvgIpc) is 3.03. The second-order valence-electron chi connectivity index (χ2n) is 12.9. The van der Waals surface area contributed by atoms with Crippen LogP contribution in [0.4, 0.5) is 0 Å². The lowest BCUT2D eigenvalue weighted by Gasteiger charge is -2.16. The van der Waals surface area contributed by atoms with Crippen molar-refractivity contribution >= 4 is 11.8 Å². The first-order valence-electron chi connectivity index (χ1n) is 19.2. The first-order valence-corrected chi connectivity index (χ1v) is 19.2. The minimum atomic E-state index is -0.625. The van der Waals surface area contributed by atoms with Crippen molar-refractivity contribution in [2.24, 2.45) is 5.73 Å². The van der Waals surface area contributed by atoms with Gasteiger partial charge in [0.25, 0.3) is 0 Å². The molecule has 4 N–H and O–H groups in total. The summed E-state index contributed by atoms with van der Waals surface area (Å²) in [6.07, 6.45) is 43.8. The molecule has 0 rings (SSSR count). The third-order valence-corrected chi connectivity index (χ3v) is 8.54. The molecule has 0 spiro atoms. The first-order chi connectivity index (χ1) is 21.7. The van der Waals surface area contributed by atoms with Crippen LogP contribution in [0.1, 0.15) is 194 Å². The number of hydrogen-bond donors (Lipinski definition) is 3. The van der Waals surface area contributed by atoms with Gasteiger partial charge >= 0.3 is 0 Å². The minimum absolute atomic E-state index is 0.0644. The first kappa shape index (κ1) is 42.4. The molecule has 0 saturated carbocycles. The third-order valence-electron chi connectivity index (χ3n) is 8.54. The van der Waals surface area contributed by atoms with E-state index in [1.807, 2.05) is 0 Å². The lowest BCUT2D eigenvalue weighted by Crippen LogP contribution is -2.50. The molecular weight excluding hydrogens is 542 g/mol. The van der Waals surface area contributed by atoms with Crippen molar-refractivity contribution in [3.05, 3.63) is 24.3 Å². The maximum Gasteiger partial charge on any atom is 0.243 e. The molecule has 0 aliphatic carbocycles. The van der Waals surface area contributed by atoms with Gasteiger partial charge in [-0.15, -0.1) is 0 Å². The number of nitrogens with two attached hydrogens (primary N) is 1. The summed E-state index contributed by atoms with van der Waals surface area (Å²) in [7, 11) is 0. The number of allylic oxidation sites excluding steroid dienone is 4. The molecule has 1 unspecified atom stereocenters. The van der Waals surface area contributed by atoms with Crippen LogP contribution in [0.3, 0.4) is 0 Å².